The zero-order valence-corrected chi connectivity index (χ0v) is 15.7. The zero-order valence-electron chi connectivity index (χ0n) is 13.3. The van der Waals surface area contributed by atoms with Crippen molar-refractivity contribution in [2.75, 3.05) is 11.1 Å². The van der Waals surface area contributed by atoms with Crippen LogP contribution in [0.3, 0.4) is 0 Å². The third-order valence-electron chi connectivity index (χ3n) is 3.42. The normalized spacial score (nSPS) is 11.9. The van der Waals surface area contributed by atoms with Gasteiger partial charge in [-0.2, -0.15) is 0 Å². The highest BCUT2D eigenvalue weighted by Gasteiger charge is 2.24. The number of nitrogens with one attached hydrogen (secondary N) is 1. The number of halogens is 1. The summed E-state index contributed by atoms with van der Waals surface area (Å²) in [7, 11) is 0. The topological polar surface area (TPSA) is 80.9 Å². The summed E-state index contributed by atoms with van der Waals surface area (Å²) in [6.07, 6.45) is 0. The first-order valence-corrected chi connectivity index (χ1v) is 9.48. The van der Waals surface area contributed by atoms with Crippen molar-refractivity contribution in [1.29, 1.82) is 0 Å². The van der Waals surface area contributed by atoms with Crippen molar-refractivity contribution in [2.45, 2.75) is 16.5 Å². The van der Waals surface area contributed by atoms with Gasteiger partial charge in [0.05, 0.1) is 0 Å². The van der Waals surface area contributed by atoms with E-state index in [0.29, 0.717) is 20.2 Å². The molecule has 0 aliphatic heterocycles. The second kappa shape index (κ2) is 7.86. The van der Waals surface area contributed by atoms with E-state index in [1.165, 1.54) is 23.1 Å². The van der Waals surface area contributed by atoms with Crippen molar-refractivity contribution >= 4 is 51.4 Å². The fourth-order valence-corrected chi connectivity index (χ4v) is 4.16. The maximum Gasteiger partial charge on any atom is 0.242 e. The number of nitrogens with zero attached hydrogens (tertiary/aromatic N) is 2. The Morgan fingerprint density at radius 1 is 1.24 bits per heavy atom. The number of hydrogen-bond donors (Lipinski definition) is 2. The average molecular weight is 391 g/mol. The number of nitrogen functional groups attached to an aromatic ring is 1. The predicted octanol–water partition coefficient (Wildman–Crippen LogP) is 4.55. The van der Waals surface area contributed by atoms with E-state index in [1.807, 2.05) is 49.4 Å². The number of amides is 1. The highest BCUT2D eigenvalue weighted by atomic mass is 35.5. The van der Waals surface area contributed by atoms with Gasteiger partial charge in [0.2, 0.25) is 11.0 Å². The molecule has 3 N–H and O–H groups in total. The predicted molar refractivity (Wildman–Crippen MR) is 104 cm³/mol. The van der Waals surface area contributed by atoms with E-state index in [2.05, 4.69) is 15.5 Å². The van der Waals surface area contributed by atoms with E-state index in [1.54, 1.807) is 6.07 Å². The summed E-state index contributed by atoms with van der Waals surface area (Å²) in [4.78, 5) is 12.9. The molecule has 0 aliphatic carbocycles. The van der Waals surface area contributed by atoms with Crippen LogP contribution in [0.4, 0.5) is 10.8 Å². The van der Waals surface area contributed by atoms with E-state index in [-0.39, 0.29) is 5.91 Å². The van der Waals surface area contributed by atoms with Crippen LogP contribution in [0.2, 0.25) is 5.02 Å². The number of aromatic nitrogens is 2. The van der Waals surface area contributed by atoms with Gasteiger partial charge in [-0.25, -0.2) is 0 Å². The van der Waals surface area contributed by atoms with Gasteiger partial charge >= 0.3 is 0 Å². The molecule has 1 amide bonds. The van der Waals surface area contributed by atoms with Crippen molar-refractivity contribution in [3.05, 3.63) is 64.7 Å². The fraction of sp³-hybridized carbons (Fsp3) is 0.118. The number of aryl methyl sites for hydroxylation is 1. The molecule has 2 aromatic carbocycles. The molecule has 0 fully saturated rings. The van der Waals surface area contributed by atoms with E-state index in [0.717, 1.165) is 11.1 Å². The number of carbonyl (C=O) groups is 1. The number of rotatable bonds is 5. The van der Waals surface area contributed by atoms with Gasteiger partial charge < -0.3 is 11.1 Å². The molecular weight excluding hydrogens is 376 g/mol. The van der Waals surface area contributed by atoms with Gasteiger partial charge in [0.15, 0.2) is 4.34 Å². The molecule has 3 rings (SSSR count). The van der Waals surface area contributed by atoms with Gasteiger partial charge in [0.1, 0.15) is 5.25 Å². The van der Waals surface area contributed by atoms with Crippen molar-refractivity contribution in [3.63, 3.8) is 0 Å². The maximum atomic E-state index is 12.9. The Hall–Kier alpha value is -2.09. The second-order valence-corrected chi connectivity index (χ2v) is 8.04. The molecular formula is C17H15ClN4OS2. The van der Waals surface area contributed by atoms with Gasteiger partial charge in [-0.05, 0) is 30.2 Å². The molecule has 0 saturated heterocycles. The number of hydrogen-bond acceptors (Lipinski definition) is 6. The van der Waals surface area contributed by atoms with Crippen molar-refractivity contribution in [2.24, 2.45) is 0 Å². The smallest absolute Gasteiger partial charge is 0.242 e. The largest absolute Gasteiger partial charge is 0.374 e. The molecule has 0 aliphatic rings. The maximum absolute atomic E-state index is 12.9. The Labute approximate surface area is 158 Å². The number of thioether (sulfide) groups is 1. The lowest BCUT2D eigenvalue weighted by Gasteiger charge is -2.16. The standard InChI is InChI=1S/C17H15ClN4OS2/c1-10-7-8-12(9-13(10)18)20-15(23)14(11-5-3-2-4-6-11)24-17-22-21-16(19)25-17/h2-9,14H,1H3,(H2,19,21)(H,20,23)/t14-/m1/s1. The minimum absolute atomic E-state index is 0.162. The van der Waals surface area contributed by atoms with E-state index >= 15 is 0 Å². The highest BCUT2D eigenvalue weighted by molar-refractivity contribution is 8.02. The number of anilines is 2. The highest BCUT2D eigenvalue weighted by Crippen LogP contribution is 2.38. The molecule has 0 saturated carbocycles. The number of carbonyl (C=O) groups excluding carboxylic acids is 1. The van der Waals surface area contributed by atoms with Crippen LogP contribution in [0.25, 0.3) is 0 Å². The molecule has 1 heterocycles. The average Bonchev–Trinajstić information content (AvgIpc) is 3.02. The van der Waals surface area contributed by atoms with Gasteiger partial charge in [-0.1, -0.05) is 71.1 Å². The van der Waals surface area contributed by atoms with Crippen LogP contribution in [0.15, 0.2) is 52.9 Å². The molecule has 1 aromatic heterocycles. The summed E-state index contributed by atoms with van der Waals surface area (Å²) in [6, 6.07) is 15.0. The van der Waals surface area contributed by atoms with Crippen molar-refractivity contribution < 1.29 is 4.79 Å². The first kappa shape index (κ1) is 17.7. The second-order valence-electron chi connectivity index (χ2n) is 5.27. The van der Waals surface area contributed by atoms with E-state index < -0.39 is 5.25 Å². The molecule has 0 radical (unpaired) electrons. The van der Waals surface area contributed by atoms with Gasteiger partial charge in [-0.15, -0.1) is 10.2 Å². The van der Waals surface area contributed by atoms with Crippen LogP contribution >= 0.6 is 34.7 Å². The molecule has 25 heavy (non-hydrogen) atoms. The first-order chi connectivity index (χ1) is 12.0. The molecule has 128 valence electrons. The molecule has 5 nitrogen and oxygen atoms in total. The summed E-state index contributed by atoms with van der Waals surface area (Å²) < 4.78 is 0.642. The quantitative estimate of drug-likeness (QED) is 0.624. The summed E-state index contributed by atoms with van der Waals surface area (Å²) in [5.74, 6) is -0.162. The van der Waals surface area contributed by atoms with Crippen molar-refractivity contribution in [3.8, 4) is 0 Å². The number of nitrogens with two attached hydrogens (primary N) is 1. The van der Waals surface area contributed by atoms with E-state index in [9.17, 15) is 4.79 Å². The zero-order chi connectivity index (χ0) is 17.8. The summed E-state index contributed by atoms with van der Waals surface area (Å²) >= 11 is 8.71. The van der Waals surface area contributed by atoms with Gasteiger partial charge in [-0.3, -0.25) is 4.79 Å². The van der Waals surface area contributed by atoms with E-state index in [4.69, 9.17) is 17.3 Å². The van der Waals surface area contributed by atoms with Crippen molar-refractivity contribution in [1.82, 2.24) is 10.2 Å². The lowest BCUT2D eigenvalue weighted by molar-refractivity contribution is -0.115. The molecule has 3 aromatic rings. The lowest BCUT2D eigenvalue weighted by Crippen LogP contribution is -2.19. The molecule has 0 unspecified atom stereocenters. The SMILES string of the molecule is Cc1ccc(NC(=O)[C@H](Sc2nnc(N)s2)c2ccccc2)cc1Cl. The van der Waals surface area contributed by atoms with Crippen LogP contribution < -0.4 is 11.1 Å². The Morgan fingerprint density at radius 2 is 2.00 bits per heavy atom. The Bertz CT molecular complexity index is 885. The number of benzene rings is 2. The molecule has 0 bridgehead atoms. The first-order valence-electron chi connectivity index (χ1n) is 7.40. The van der Waals surface area contributed by atoms with Crippen LogP contribution in [0.5, 0.6) is 0 Å². The summed E-state index contributed by atoms with van der Waals surface area (Å²) in [5.41, 5.74) is 8.12. The van der Waals surface area contributed by atoms with Gasteiger partial charge in [0.25, 0.3) is 0 Å². The minimum atomic E-state index is -0.478. The Balaban J connectivity index is 1.85. The third kappa shape index (κ3) is 4.50. The Kier molecular flexibility index (Phi) is 5.57. The fourth-order valence-electron chi connectivity index (χ4n) is 2.15. The van der Waals surface area contributed by atoms with Crippen LogP contribution in [0, 0.1) is 6.92 Å². The van der Waals surface area contributed by atoms with Gasteiger partial charge in [0, 0.05) is 10.7 Å². The third-order valence-corrected chi connectivity index (χ3v) is 5.92. The molecule has 1 atom stereocenters. The minimum Gasteiger partial charge on any atom is -0.374 e. The van der Waals surface area contributed by atoms with Crippen LogP contribution in [-0.2, 0) is 4.79 Å². The summed E-state index contributed by atoms with van der Waals surface area (Å²) in [5, 5.41) is 11.2. The monoisotopic (exact) mass is 390 g/mol. The summed E-state index contributed by atoms with van der Waals surface area (Å²) in [6.45, 7) is 1.91. The van der Waals surface area contributed by atoms with Crippen LogP contribution in [0.1, 0.15) is 16.4 Å². The van der Waals surface area contributed by atoms with Crippen LogP contribution in [-0.4, -0.2) is 16.1 Å². The molecule has 0 spiro atoms. The molecule has 8 heteroatoms. The lowest BCUT2D eigenvalue weighted by atomic mass is 10.1. The Morgan fingerprint density at radius 3 is 2.64 bits per heavy atom.